The van der Waals surface area contributed by atoms with E-state index in [1.54, 1.807) is 0 Å². The number of allylic oxidation sites excluding steroid dienone is 2. The molecule has 0 N–H and O–H groups in total. The number of carbonyl (C=O) groups is 1. The van der Waals surface area contributed by atoms with Gasteiger partial charge in [0.2, 0.25) is 0 Å². The number of esters is 1. The van der Waals surface area contributed by atoms with Crippen LogP contribution in [0.5, 0.6) is 0 Å². The fourth-order valence-electron chi connectivity index (χ4n) is 3.98. The van der Waals surface area contributed by atoms with Crippen molar-refractivity contribution < 1.29 is 9.53 Å². The SMILES string of the molecule is CC(C)(C)C1=C2C(=C(C(C)(C)C)C1)C1CCC2OC1=O. The van der Waals surface area contributed by atoms with Crippen LogP contribution in [0, 0.1) is 16.7 Å². The van der Waals surface area contributed by atoms with E-state index in [0.717, 1.165) is 19.3 Å². The predicted molar refractivity (Wildman–Crippen MR) is 80.2 cm³/mol. The van der Waals surface area contributed by atoms with Gasteiger partial charge in [-0.1, -0.05) is 52.7 Å². The molecule has 2 bridgehead atoms. The Morgan fingerprint density at radius 2 is 1.45 bits per heavy atom. The van der Waals surface area contributed by atoms with Gasteiger partial charge in [-0.3, -0.25) is 4.79 Å². The molecule has 0 radical (unpaired) electrons. The molecule has 20 heavy (non-hydrogen) atoms. The van der Waals surface area contributed by atoms with Crippen molar-refractivity contribution in [1.82, 2.24) is 0 Å². The zero-order valence-electron chi connectivity index (χ0n) is 13.6. The van der Waals surface area contributed by atoms with E-state index in [4.69, 9.17) is 4.74 Å². The van der Waals surface area contributed by atoms with Crippen LogP contribution < -0.4 is 0 Å². The molecular weight excluding hydrogens is 248 g/mol. The van der Waals surface area contributed by atoms with Crippen LogP contribution in [0.3, 0.4) is 0 Å². The zero-order valence-corrected chi connectivity index (χ0v) is 13.6. The van der Waals surface area contributed by atoms with Gasteiger partial charge in [0.05, 0.1) is 5.92 Å². The Kier molecular flexibility index (Phi) is 2.78. The van der Waals surface area contributed by atoms with Crippen LogP contribution in [-0.2, 0) is 9.53 Å². The number of rotatable bonds is 0. The molecule has 110 valence electrons. The van der Waals surface area contributed by atoms with Gasteiger partial charge in [-0.05, 0) is 41.2 Å². The summed E-state index contributed by atoms with van der Waals surface area (Å²) in [6, 6.07) is 0. The molecule has 3 fully saturated rings. The Hall–Kier alpha value is -1.05. The van der Waals surface area contributed by atoms with Crippen molar-refractivity contribution in [2.75, 3.05) is 0 Å². The molecule has 4 aliphatic rings. The van der Waals surface area contributed by atoms with Gasteiger partial charge in [0.15, 0.2) is 0 Å². The maximum atomic E-state index is 12.1. The number of carbonyl (C=O) groups excluding carboxylic acids is 1. The molecule has 0 aromatic heterocycles. The van der Waals surface area contributed by atoms with E-state index in [9.17, 15) is 4.79 Å². The Labute approximate surface area is 122 Å². The molecule has 2 heteroatoms. The Morgan fingerprint density at radius 3 is 1.95 bits per heavy atom. The highest BCUT2D eigenvalue weighted by molar-refractivity contribution is 5.83. The van der Waals surface area contributed by atoms with E-state index in [1.165, 1.54) is 22.3 Å². The van der Waals surface area contributed by atoms with Crippen molar-refractivity contribution >= 4 is 5.97 Å². The molecule has 2 aliphatic carbocycles. The minimum Gasteiger partial charge on any atom is -0.457 e. The Morgan fingerprint density at radius 1 is 0.900 bits per heavy atom. The topological polar surface area (TPSA) is 26.3 Å². The van der Waals surface area contributed by atoms with Gasteiger partial charge in [-0.25, -0.2) is 0 Å². The number of hydrogen-bond donors (Lipinski definition) is 0. The zero-order chi connectivity index (χ0) is 14.9. The van der Waals surface area contributed by atoms with Crippen LogP contribution in [-0.4, -0.2) is 12.1 Å². The van der Waals surface area contributed by atoms with Crippen LogP contribution in [0.25, 0.3) is 0 Å². The summed E-state index contributed by atoms with van der Waals surface area (Å²) in [7, 11) is 0. The average molecular weight is 274 g/mol. The van der Waals surface area contributed by atoms with Crippen molar-refractivity contribution in [3.8, 4) is 0 Å². The second kappa shape index (κ2) is 3.99. The Balaban J connectivity index is 2.19. The minimum atomic E-state index is 0.00377. The first-order valence-electron chi connectivity index (χ1n) is 7.78. The van der Waals surface area contributed by atoms with Crippen LogP contribution in [0.1, 0.15) is 60.8 Å². The molecule has 2 unspecified atom stereocenters. The van der Waals surface area contributed by atoms with E-state index < -0.39 is 0 Å². The lowest BCUT2D eigenvalue weighted by Crippen LogP contribution is -2.41. The highest BCUT2D eigenvalue weighted by atomic mass is 16.5. The van der Waals surface area contributed by atoms with Gasteiger partial charge in [0, 0.05) is 0 Å². The molecule has 1 saturated carbocycles. The summed E-state index contributed by atoms with van der Waals surface area (Å²) < 4.78 is 5.65. The molecule has 2 aliphatic heterocycles. The second-order valence-electron chi connectivity index (χ2n) is 8.52. The summed E-state index contributed by atoms with van der Waals surface area (Å²) in [4.78, 5) is 12.1. The largest absolute Gasteiger partial charge is 0.457 e. The molecule has 0 aromatic carbocycles. The van der Waals surface area contributed by atoms with E-state index in [1.807, 2.05) is 0 Å². The quantitative estimate of drug-likeness (QED) is 0.612. The van der Waals surface area contributed by atoms with E-state index in [2.05, 4.69) is 41.5 Å². The summed E-state index contributed by atoms with van der Waals surface area (Å²) in [6.07, 6.45) is 3.03. The van der Waals surface area contributed by atoms with Crippen LogP contribution in [0.4, 0.5) is 0 Å². The van der Waals surface area contributed by atoms with Crippen molar-refractivity contribution in [1.29, 1.82) is 0 Å². The molecule has 2 nitrogen and oxygen atoms in total. The summed E-state index contributed by atoms with van der Waals surface area (Å²) in [6.45, 7) is 13.7. The van der Waals surface area contributed by atoms with Gasteiger partial charge in [-0.2, -0.15) is 0 Å². The normalized spacial score (nSPS) is 30.0. The predicted octanol–water partition coefficient (Wildman–Crippen LogP) is 4.41. The van der Waals surface area contributed by atoms with Gasteiger partial charge >= 0.3 is 5.97 Å². The van der Waals surface area contributed by atoms with Gasteiger partial charge in [-0.15, -0.1) is 0 Å². The molecule has 2 saturated heterocycles. The summed E-state index contributed by atoms with van der Waals surface area (Å²) in [5.74, 6) is 0.0148. The molecule has 0 spiro atoms. The van der Waals surface area contributed by atoms with Crippen LogP contribution in [0.2, 0.25) is 0 Å². The molecule has 4 rings (SSSR count). The highest BCUT2D eigenvalue weighted by Gasteiger charge is 2.50. The third-order valence-corrected chi connectivity index (χ3v) is 5.04. The van der Waals surface area contributed by atoms with Crippen LogP contribution >= 0.6 is 0 Å². The van der Waals surface area contributed by atoms with Gasteiger partial charge in [0.25, 0.3) is 0 Å². The first-order chi connectivity index (χ1) is 9.10. The van der Waals surface area contributed by atoms with Gasteiger partial charge in [0.1, 0.15) is 6.10 Å². The molecule has 0 aromatic rings. The summed E-state index contributed by atoms with van der Waals surface area (Å²) >= 11 is 0. The summed E-state index contributed by atoms with van der Waals surface area (Å²) in [5.41, 5.74) is 6.00. The standard InChI is InChI=1S/C18H26O2/c1-17(2,3)11-9-12(18(4,5)6)15-13-8-7-10(14(11)15)16(19)20-13/h10,13H,7-9H2,1-6H3. The molecular formula is C18H26O2. The average Bonchev–Trinajstić information content (AvgIpc) is 2.70. The monoisotopic (exact) mass is 274 g/mol. The third-order valence-electron chi connectivity index (χ3n) is 5.04. The highest BCUT2D eigenvalue weighted by Crippen LogP contribution is 2.56. The maximum absolute atomic E-state index is 12.1. The minimum absolute atomic E-state index is 0.00377. The maximum Gasteiger partial charge on any atom is 0.314 e. The van der Waals surface area contributed by atoms with Crippen molar-refractivity contribution in [3.63, 3.8) is 0 Å². The van der Waals surface area contributed by atoms with Crippen molar-refractivity contribution in [3.05, 3.63) is 22.3 Å². The summed E-state index contributed by atoms with van der Waals surface area (Å²) in [5, 5.41) is 0. The number of fused-ring (bicyclic) bond motifs is 2. The number of hydrogen-bond acceptors (Lipinski definition) is 2. The first-order valence-corrected chi connectivity index (χ1v) is 7.78. The Bertz CT molecular complexity index is 535. The fraction of sp³-hybridized carbons (Fsp3) is 0.722. The lowest BCUT2D eigenvalue weighted by atomic mass is 9.72. The van der Waals surface area contributed by atoms with E-state index >= 15 is 0 Å². The third kappa shape index (κ3) is 1.88. The molecule has 2 atom stereocenters. The molecule has 0 amide bonds. The van der Waals surface area contributed by atoms with Gasteiger partial charge < -0.3 is 4.74 Å². The second-order valence-corrected chi connectivity index (χ2v) is 8.52. The van der Waals surface area contributed by atoms with E-state index in [0.29, 0.717) is 0 Å². The smallest absolute Gasteiger partial charge is 0.314 e. The number of ether oxygens (including phenoxy) is 1. The lowest BCUT2D eigenvalue weighted by Gasteiger charge is -2.41. The first kappa shape index (κ1) is 13.9. The fourth-order valence-corrected chi connectivity index (χ4v) is 3.98. The van der Waals surface area contributed by atoms with Crippen molar-refractivity contribution in [2.24, 2.45) is 16.7 Å². The van der Waals surface area contributed by atoms with E-state index in [-0.39, 0.29) is 28.8 Å². The van der Waals surface area contributed by atoms with Crippen LogP contribution in [0.15, 0.2) is 22.3 Å². The van der Waals surface area contributed by atoms with Crippen molar-refractivity contribution in [2.45, 2.75) is 66.9 Å². The lowest BCUT2D eigenvalue weighted by molar-refractivity contribution is -0.159. The molecule has 2 heterocycles.